The molecule has 0 saturated carbocycles. The Labute approximate surface area is 221 Å². The Balaban J connectivity index is 1.69. The molecular formula is C25H18F6N6O3. The highest BCUT2D eigenvalue weighted by molar-refractivity contribution is 5.98. The van der Waals surface area contributed by atoms with Crippen molar-refractivity contribution in [2.75, 3.05) is 5.32 Å². The van der Waals surface area contributed by atoms with Gasteiger partial charge in [0, 0.05) is 41.9 Å². The zero-order valence-corrected chi connectivity index (χ0v) is 20.3. The van der Waals surface area contributed by atoms with Crippen LogP contribution >= 0.6 is 0 Å². The number of hydrogen-bond donors (Lipinski definition) is 2. The van der Waals surface area contributed by atoms with Gasteiger partial charge in [-0.05, 0) is 37.3 Å². The van der Waals surface area contributed by atoms with E-state index < -0.39 is 30.0 Å². The summed E-state index contributed by atoms with van der Waals surface area (Å²) in [5.41, 5.74) is -0.995. The molecule has 4 rings (SSSR count). The Bertz CT molecular complexity index is 1630. The van der Waals surface area contributed by atoms with E-state index in [0.717, 1.165) is 33.6 Å². The molecule has 0 aliphatic rings. The number of hydrogen-bond acceptors (Lipinski definition) is 7. The third kappa shape index (κ3) is 6.86. The van der Waals surface area contributed by atoms with Crippen LogP contribution in [-0.4, -0.2) is 38.2 Å². The van der Waals surface area contributed by atoms with E-state index in [4.69, 9.17) is 5.41 Å². The van der Waals surface area contributed by atoms with Gasteiger partial charge in [-0.25, -0.2) is 13.8 Å². The van der Waals surface area contributed by atoms with Gasteiger partial charge in [-0.15, -0.1) is 13.2 Å². The van der Waals surface area contributed by atoms with Crippen LogP contribution in [0.1, 0.15) is 12.6 Å². The first-order valence-electron chi connectivity index (χ1n) is 11.2. The summed E-state index contributed by atoms with van der Waals surface area (Å²) < 4.78 is 88.6. The van der Waals surface area contributed by atoms with Gasteiger partial charge < -0.3 is 20.2 Å². The van der Waals surface area contributed by atoms with Crippen molar-refractivity contribution in [1.29, 1.82) is 5.41 Å². The molecule has 0 aliphatic heterocycles. The van der Waals surface area contributed by atoms with Crippen LogP contribution in [-0.2, 0) is 0 Å². The van der Waals surface area contributed by atoms with E-state index in [9.17, 15) is 26.7 Å². The van der Waals surface area contributed by atoms with Crippen molar-refractivity contribution in [3.63, 3.8) is 0 Å². The first-order valence-corrected chi connectivity index (χ1v) is 11.2. The van der Waals surface area contributed by atoms with Crippen LogP contribution in [0.15, 0.2) is 77.9 Å². The van der Waals surface area contributed by atoms with E-state index in [0.29, 0.717) is 0 Å². The molecule has 2 aromatic heterocycles. The maximum atomic E-state index is 15.2. The molecule has 9 nitrogen and oxygen atoms in total. The fourth-order valence-corrected chi connectivity index (χ4v) is 3.51. The summed E-state index contributed by atoms with van der Waals surface area (Å²) in [5.74, 6) is -1.71. The first kappa shape index (κ1) is 27.9. The lowest BCUT2D eigenvalue weighted by Gasteiger charge is -2.15. The molecular weight excluding hydrogens is 546 g/mol. The number of halogens is 6. The van der Waals surface area contributed by atoms with Crippen molar-refractivity contribution in [2.24, 2.45) is 0 Å². The second-order valence-corrected chi connectivity index (χ2v) is 8.01. The fraction of sp³-hybridized carbons (Fsp3) is 0.120. The van der Waals surface area contributed by atoms with Gasteiger partial charge in [0.1, 0.15) is 11.4 Å². The number of allylic oxidation sites excluding steroid dienone is 1. The molecule has 0 atom stereocenters. The van der Waals surface area contributed by atoms with Gasteiger partial charge in [0.25, 0.3) is 0 Å². The van der Waals surface area contributed by atoms with Gasteiger partial charge in [0.15, 0.2) is 11.5 Å². The van der Waals surface area contributed by atoms with E-state index in [1.165, 1.54) is 55.7 Å². The lowest BCUT2D eigenvalue weighted by atomic mass is 10.2. The minimum atomic E-state index is -4.92. The molecule has 208 valence electrons. The van der Waals surface area contributed by atoms with Crippen molar-refractivity contribution < 1.29 is 35.8 Å². The summed E-state index contributed by atoms with van der Waals surface area (Å²) >= 11 is 0. The van der Waals surface area contributed by atoms with Crippen LogP contribution < -0.4 is 20.2 Å². The largest absolute Gasteiger partial charge is 0.573 e. The Morgan fingerprint density at radius 1 is 1.12 bits per heavy atom. The molecule has 2 N–H and O–H groups in total. The lowest BCUT2D eigenvalue weighted by molar-refractivity contribution is -0.274. The molecule has 0 saturated heterocycles. The number of anilines is 1. The molecule has 0 aliphatic carbocycles. The van der Waals surface area contributed by atoms with E-state index in [1.54, 1.807) is 0 Å². The summed E-state index contributed by atoms with van der Waals surface area (Å²) in [7, 11) is 0. The molecule has 0 fully saturated rings. The number of nitrogens with zero attached hydrogens (tertiary/aromatic N) is 4. The van der Waals surface area contributed by atoms with Crippen molar-refractivity contribution in [2.45, 2.75) is 19.9 Å². The van der Waals surface area contributed by atoms with Gasteiger partial charge in [-0.1, -0.05) is 6.07 Å². The van der Waals surface area contributed by atoms with Crippen LogP contribution in [0, 0.1) is 11.2 Å². The van der Waals surface area contributed by atoms with Crippen molar-refractivity contribution >= 4 is 17.1 Å². The van der Waals surface area contributed by atoms with E-state index >= 15 is 4.39 Å². The number of aromatic nitrogens is 4. The fourth-order valence-electron chi connectivity index (χ4n) is 3.51. The van der Waals surface area contributed by atoms with Gasteiger partial charge in [-0.3, -0.25) is 4.79 Å². The normalized spacial score (nSPS) is 11.9. The quantitative estimate of drug-likeness (QED) is 0.204. The summed E-state index contributed by atoms with van der Waals surface area (Å²) in [6.07, 6.45) is -1.34. The van der Waals surface area contributed by atoms with E-state index in [-0.39, 0.29) is 40.0 Å². The molecule has 0 spiro atoms. The third-order valence-corrected chi connectivity index (χ3v) is 5.01. The summed E-state index contributed by atoms with van der Waals surface area (Å²) in [4.78, 5) is 12.7. The maximum Gasteiger partial charge on any atom is 0.573 e. The number of nitrogens with one attached hydrogen (secondary N) is 2. The highest BCUT2D eigenvalue weighted by atomic mass is 19.4. The van der Waals surface area contributed by atoms with E-state index in [1.807, 2.05) is 0 Å². The first-order chi connectivity index (χ1) is 18.9. The molecule has 2 heterocycles. The lowest BCUT2D eigenvalue weighted by Crippen LogP contribution is -2.19. The zero-order valence-electron chi connectivity index (χ0n) is 20.3. The minimum Gasteiger partial charge on any atom is -0.417 e. The second-order valence-electron chi connectivity index (χ2n) is 8.01. The van der Waals surface area contributed by atoms with Crippen molar-refractivity contribution in [3.8, 4) is 23.0 Å². The van der Waals surface area contributed by atoms with Crippen molar-refractivity contribution in [3.05, 3.63) is 94.8 Å². The van der Waals surface area contributed by atoms with Crippen LogP contribution in [0.25, 0.3) is 17.1 Å². The topological polar surface area (TPSA) is 107 Å². The van der Waals surface area contributed by atoms with Crippen molar-refractivity contribution in [1.82, 2.24) is 19.6 Å². The molecule has 0 bridgehead atoms. The van der Waals surface area contributed by atoms with Crippen LogP contribution in [0.2, 0.25) is 0 Å². The predicted octanol–water partition coefficient (Wildman–Crippen LogP) is 5.55. The highest BCUT2D eigenvalue weighted by Gasteiger charge is 2.31. The molecule has 0 unspecified atom stereocenters. The molecule has 4 aromatic rings. The average molecular weight is 564 g/mol. The zero-order chi connectivity index (χ0) is 29.0. The Morgan fingerprint density at radius 2 is 1.90 bits per heavy atom. The molecule has 0 radical (unpaired) electrons. The Morgan fingerprint density at radius 3 is 2.58 bits per heavy atom. The average Bonchev–Trinajstić information content (AvgIpc) is 3.30. The summed E-state index contributed by atoms with van der Waals surface area (Å²) in [5, 5.41) is 18.6. The standard InChI is InChI=1S/C25H18F6N6O3/c1-14(32)11-19(34-15-3-2-4-17(12-15)40-25(29,30)31)23-21(38)8-10-36(35-23)20-6-5-16(13-18(20)26)37-22(7-9-33-37)39-24(27)28/h2-13,24,32,34H,1H3/b19-11-,32-14?. The van der Waals surface area contributed by atoms with Gasteiger partial charge in [-0.2, -0.15) is 19.0 Å². The van der Waals surface area contributed by atoms with Gasteiger partial charge in [0.05, 0.1) is 17.6 Å². The van der Waals surface area contributed by atoms with Gasteiger partial charge in [0.2, 0.25) is 11.3 Å². The van der Waals surface area contributed by atoms with Crippen LogP contribution in [0.5, 0.6) is 11.6 Å². The Hall–Kier alpha value is -5.08. The second kappa shape index (κ2) is 11.3. The maximum absolute atomic E-state index is 15.2. The van der Waals surface area contributed by atoms with Gasteiger partial charge >= 0.3 is 13.0 Å². The number of alkyl halides is 5. The Kier molecular flexibility index (Phi) is 7.93. The number of ether oxygens (including phenoxy) is 2. The smallest absolute Gasteiger partial charge is 0.417 e. The number of benzene rings is 2. The predicted molar refractivity (Wildman–Crippen MR) is 132 cm³/mol. The summed E-state index contributed by atoms with van der Waals surface area (Å²) in [6.45, 7) is -1.73. The highest BCUT2D eigenvalue weighted by Crippen LogP contribution is 2.27. The number of rotatable bonds is 9. The SMILES string of the molecule is CC(=N)/C=C(\Nc1cccc(OC(F)(F)F)c1)c1nn(-c2ccc(-n3nccc3OC(F)F)cc2F)ccc1=O. The minimum absolute atomic E-state index is 0.0293. The van der Waals surface area contributed by atoms with E-state index in [2.05, 4.69) is 25.0 Å². The third-order valence-electron chi connectivity index (χ3n) is 5.01. The summed E-state index contributed by atoms with van der Waals surface area (Å²) in [6, 6.07) is 10.6. The molecule has 40 heavy (non-hydrogen) atoms. The van der Waals surface area contributed by atoms with Crippen LogP contribution in [0.3, 0.4) is 0 Å². The molecule has 15 heteroatoms. The molecule has 0 amide bonds. The molecule has 2 aromatic carbocycles. The monoisotopic (exact) mass is 564 g/mol. The van der Waals surface area contributed by atoms with Crippen LogP contribution in [0.4, 0.5) is 32.0 Å².